The number of rotatable bonds is 5. The van der Waals surface area contributed by atoms with Crippen molar-refractivity contribution < 1.29 is 26.3 Å². The third-order valence-corrected chi connectivity index (χ3v) is 4.24. The quantitative estimate of drug-likeness (QED) is 0.908. The Morgan fingerprint density at radius 1 is 1.15 bits per heavy atom. The van der Waals surface area contributed by atoms with Gasteiger partial charge in [-0.2, -0.15) is 13.2 Å². The van der Waals surface area contributed by atoms with E-state index >= 15 is 0 Å². The first-order valence-corrected chi connectivity index (χ1v) is 7.18. The summed E-state index contributed by atoms with van der Waals surface area (Å²) in [5, 5.41) is 2.95. The van der Waals surface area contributed by atoms with E-state index in [9.17, 15) is 21.6 Å². The molecule has 0 saturated heterocycles. The summed E-state index contributed by atoms with van der Waals surface area (Å²) >= 11 is 0. The van der Waals surface area contributed by atoms with Crippen molar-refractivity contribution in [3.8, 4) is 0 Å². The van der Waals surface area contributed by atoms with Gasteiger partial charge in [-0.05, 0) is 38.1 Å². The predicted octanol–water partition coefficient (Wildman–Crippen LogP) is 2.82. The summed E-state index contributed by atoms with van der Waals surface area (Å²) in [5.74, 6) is 0. The highest BCUT2D eigenvalue weighted by Crippen LogP contribution is 2.30. The van der Waals surface area contributed by atoms with Gasteiger partial charge in [0.2, 0.25) is 0 Å². The second-order valence-corrected chi connectivity index (χ2v) is 6.73. The number of anilines is 1. The number of methoxy groups -OCH3 is 1. The number of alkyl halides is 3. The molecule has 0 fully saturated rings. The van der Waals surface area contributed by atoms with Crippen molar-refractivity contribution >= 4 is 15.5 Å². The molecule has 0 aliphatic carbocycles. The van der Waals surface area contributed by atoms with Crippen molar-refractivity contribution in [1.82, 2.24) is 0 Å². The zero-order valence-electron chi connectivity index (χ0n) is 11.3. The van der Waals surface area contributed by atoms with Crippen LogP contribution >= 0.6 is 0 Å². The molecule has 0 radical (unpaired) electrons. The van der Waals surface area contributed by atoms with Crippen LogP contribution in [0.4, 0.5) is 18.9 Å². The standard InChI is InChI=1S/C12H16F3NO3S/c1-11(2,19-3)8-16-9-4-6-10(7-5-9)20(17,18)12(13,14)15/h4-7,16H,8H2,1-3H3. The molecule has 0 heterocycles. The number of ether oxygens (including phenoxy) is 1. The van der Waals surface area contributed by atoms with Gasteiger partial charge in [-0.1, -0.05) is 0 Å². The van der Waals surface area contributed by atoms with E-state index < -0.39 is 25.8 Å². The van der Waals surface area contributed by atoms with Crippen LogP contribution < -0.4 is 5.32 Å². The first-order chi connectivity index (χ1) is 8.99. The minimum absolute atomic E-state index is 0.425. The smallest absolute Gasteiger partial charge is 0.382 e. The lowest BCUT2D eigenvalue weighted by molar-refractivity contribution is -0.0436. The van der Waals surface area contributed by atoms with E-state index in [1.165, 1.54) is 12.1 Å². The Bertz CT molecular complexity index is 550. The summed E-state index contributed by atoms with van der Waals surface area (Å²) in [4.78, 5) is -0.776. The van der Waals surface area contributed by atoms with Gasteiger partial charge in [0.15, 0.2) is 0 Å². The molecule has 0 spiro atoms. The van der Waals surface area contributed by atoms with Crippen molar-refractivity contribution in [2.24, 2.45) is 0 Å². The first kappa shape index (κ1) is 16.8. The summed E-state index contributed by atoms with van der Waals surface area (Å²) in [7, 11) is -3.75. The molecule has 1 aromatic rings. The number of nitrogens with one attached hydrogen (secondary N) is 1. The Kier molecular flexibility index (Phi) is 4.70. The largest absolute Gasteiger partial charge is 0.501 e. The number of benzene rings is 1. The molecule has 0 aliphatic rings. The van der Waals surface area contributed by atoms with Crippen molar-refractivity contribution in [2.75, 3.05) is 19.0 Å². The average molecular weight is 311 g/mol. The first-order valence-electron chi connectivity index (χ1n) is 5.70. The molecular weight excluding hydrogens is 295 g/mol. The highest BCUT2D eigenvalue weighted by Gasteiger charge is 2.46. The Labute approximate surface area is 115 Å². The fourth-order valence-electron chi connectivity index (χ4n) is 1.27. The third kappa shape index (κ3) is 3.86. The van der Waals surface area contributed by atoms with Gasteiger partial charge in [-0.15, -0.1) is 0 Å². The molecule has 0 aliphatic heterocycles. The lowest BCUT2D eigenvalue weighted by atomic mass is 10.1. The van der Waals surface area contributed by atoms with E-state index in [2.05, 4.69) is 5.32 Å². The van der Waals surface area contributed by atoms with Crippen LogP contribution in [0.5, 0.6) is 0 Å². The average Bonchev–Trinajstić information content (AvgIpc) is 2.36. The molecule has 0 unspecified atom stereocenters. The van der Waals surface area contributed by atoms with E-state index in [1.54, 1.807) is 7.11 Å². The maximum Gasteiger partial charge on any atom is 0.501 e. The Morgan fingerprint density at radius 2 is 1.65 bits per heavy atom. The van der Waals surface area contributed by atoms with Gasteiger partial charge in [0.05, 0.1) is 10.5 Å². The molecule has 1 aromatic carbocycles. The van der Waals surface area contributed by atoms with Crippen LogP contribution in [-0.4, -0.2) is 33.2 Å². The van der Waals surface area contributed by atoms with E-state index in [4.69, 9.17) is 4.74 Å². The highest BCUT2D eigenvalue weighted by atomic mass is 32.2. The van der Waals surface area contributed by atoms with Crippen LogP contribution in [0.25, 0.3) is 0 Å². The maximum absolute atomic E-state index is 12.3. The normalized spacial score (nSPS) is 13.3. The van der Waals surface area contributed by atoms with E-state index in [1.807, 2.05) is 13.8 Å². The molecule has 0 amide bonds. The molecule has 0 saturated carbocycles. The minimum atomic E-state index is -5.29. The van der Waals surface area contributed by atoms with Crippen LogP contribution in [0, 0.1) is 0 Å². The summed E-state index contributed by atoms with van der Waals surface area (Å²) in [6.07, 6.45) is 0. The lowest BCUT2D eigenvalue weighted by Gasteiger charge is -2.23. The van der Waals surface area contributed by atoms with E-state index in [0.717, 1.165) is 12.1 Å². The van der Waals surface area contributed by atoms with Gasteiger partial charge < -0.3 is 10.1 Å². The number of halogens is 3. The maximum atomic E-state index is 12.3. The second-order valence-electron chi connectivity index (χ2n) is 4.79. The molecule has 1 N–H and O–H groups in total. The van der Waals surface area contributed by atoms with Crippen molar-refractivity contribution in [1.29, 1.82) is 0 Å². The molecule has 1 rings (SSSR count). The molecule has 8 heteroatoms. The van der Waals surface area contributed by atoms with Crippen LogP contribution in [0.1, 0.15) is 13.8 Å². The Hall–Kier alpha value is -1.28. The van der Waals surface area contributed by atoms with E-state index in [-0.39, 0.29) is 0 Å². The lowest BCUT2D eigenvalue weighted by Crippen LogP contribution is -2.32. The molecule has 4 nitrogen and oxygen atoms in total. The van der Waals surface area contributed by atoms with Gasteiger partial charge in [0, 0.05) is 19.3 Å². The molecule has 20 heavy (non-hydrogen) atoms. The van der Waals surface area contributed by atoms with Crippen LogP contribution in [0.3, 0.4) is 0 Å². The highest BCUT2D eigenvalue weighted by molar-refractivity contribution is 7.92. The summed E-state index contributed by atoms with van der Waals surface area (Å²) < 4.78 is 64.6. The topological polar surface area (TPSA) is 55.4 Å². The van der Waals surface area contributed by atoms with Gasteiger partial charge >= 0.3 is 5.51 Å². The molecule has 0 aromatic heterocycles. The van der Waals surface area contributed by atoms with Gasteiger partial charge in [0.1, 0.15) is 0 Å². The fraction of sp³-hybridized carbons (Fsp3) is 0.500. The Morgan fingerprint density at radius 3 is 2.05 bits per heavy atom. The van der Waals surface area contributed by atoms with E-state index in [0.29, 0.717) is 12.2 Å². The van der Waals surface area contributed by atoms with Gasteiger partial charge in [-0.3, -0.25) is 0 Å². The van der Waals surface area contributed by atoms with Crippen molar-refractivity contribution in [2.45, 2.75) is 29.9 Å². The number of sulfone groups is 1. The zero-order valence-corrected chi connectivity index (χ0v) is 12.1. The summed E-state index contributed by atoms with van der Waals surface area (Å²) in [6.45, 7) is 4.10. The van der Waals surface area contributed by atoms with Gasteiger partial charge in [0.25, 0.3) is 9.84 Å². The Balaban J connectivity index is 2.86. The number of hydrogen-bond acceptors (Lipinski definition) is 4. The van der Waals surface area contributed by atoms with Gasteiger partial charge in [-0.25, -0.2) is 8.42 Å². The second kappa shape index (κ2) is 5.61. The number of hydrogen-bond donors (Lipinski definition) is 1. The minimum Gasteiger partial charge on any atom is -0.382 e. The molecular formula is C12H16F3NO3S. The summed E-state index contributed by atoms with van der Waals surface area (Å²) in [5.41, 5.74) is -5.23. The van der Waals surface area contributed by atoms with Crippen LogP contribution in [-0.2, 0) is 14.6 Å². The third-order valence-electron chi connectivity index (χ3n) is 2.74. The molecule has 0 atom stereocenters. The van der Waals surface area contributed by atoms with Crippen molar-refractivity contribution in [3.63, 3.8) is 0 Å². The molecule has 114 valence electrons. The predicted molar refractivity (Wildman–Crippen MR) is 69.3 cm³/mol. The van der Waals surface area contributed by atoms with Crippen LogP contribution in [0.2, 0.25) is 0 Å². The monoisotopic (exact) mass is 311 g/mol. The van der Waals surface area contributed by atoms with Crippen LogP contribution in [0.15, 0.2) is 29.2 Å². The SMILES string of the molecule is COC(C)(C)CNc1ccc(S(=O)(=O)C(F)(F)F)cc1. The summed E-state index contributed by atoms with van der Waals surface area (Å²) in [6, 6.07) is 4.41. The fourth-order valence-corrected chi connectivity index (χ4v) is 2.03. The molecule has 0 bridgehead atoms. The van der Waals surface area contributed by atoms with Crippen molar-refractivity contribution in [3.05, 3.63) is 24.3 Å². The zero-order chi connectivity index (χ0) is 15.6.